The summed E-state index contributed by atoms with van der Waals surface area (Å²) in [6.07, 6.45) is 1.85. The lowest BCUT2D eigenvalue weighted by Gasteiger charge is -2.29. The predicted molar refractivity (Wildman–Crippen MR) is 87.7 cm³/mol. The second-order valence-corrected chi connectivity index (χ2v) is 7.64. The van der Waals surface area contributed by atoms with Gasteiger partial charge in [-0.25, -0.2) is 0 Å². The molecule has 2 rings (SSSR count). The first kappa shape index (κ1) is 15.5. The second-order valence-electron chi connectivity index (χ2n) is 4.77. The van der Waals surface area contributed by atoms with Gasteiger partial charge in [-0.2, -0.15) is 28.6 Å². The Morgan fingerprint density at radius 3 is 2.84 bits per heavy atom. The van der Waals surface area contributed by atoms with Crippen LogP contribution in [0.2, 0.25) is 5.02 Å². The first-order valence-corrected chi connectivity index (χ1v) is 9.32. The van der Waals surface area contributed by atoms with Crippen LogP contribution < -0.4 is 5.32 Å². The maximum absolute atomic E-state index is 6.45. The number of rotatable bonds is 5. The second kappa shape index (κ2) is 7.25. The molecule has 1 N–H and O–H groups in total. The molecule has 1 aromatic rings. The minimum atomic E-state index is 0.468. The molecule has 6 heteroatoms. The van der Waals surface area contributed by atoms with Crippen LogP contribution >= 0.6 is 35.1 Å². The van der Waals surface area contributed by atoms with Crippen LogP contribution in [0.5, 0.6) is 0 Å². The Kier molecular flexibility index (Phi) is 5.93. The molecule has 0 spiro atoms. The van der Waals surface area contributed by atoms with Crippen LogP contribution in [0.4, 0.5) is 0 Å². The number of aryl methyl sites for hydroxylation is 2. The van der Waals surface area contributed by atoms with E-state index in [4.69, 9.17) is 11.6 Å². The lowest BCUT2D eigenvalue weighted by Crippen LogP contribution is -2.41. The van der Waals surface area contributed by atoms with E-state index in [0.29, 0.717) is 11.3 Å². The van der Waals surface area contributed by atoms with Gasteiger partial charge in [0.2, 0.25) is 0 Å². The maximum atomic E-state index is 6.45. The Labute approximate surface area is 129 Å². The highest BCUT2D eigenvalue weighted by molar-refractivity contribution is 8.06. The van der Waals surface area contributed by atoms with Crippen LogP contribution in [0.15, 0.2) is 0 Å². The lowest BCUT2D eigenvalue weighted by molar-refractivity contribution is 0.534. The van der Waals surface area contributed by atoms with Crippen LogP contribution in [0.25, 0.3) is 0 Å². The summed E-state index contributed by atoms with van der Waals surface area (Å²) in [6.45, 7) is 2.10. The largest absolute Gasteiger partial charge is 0.315 e. The number of nitrogens with zero attached hydrogens (tertiary/aromatic N) is 2. The standard InChI is InChI=1S/C13H22ClN3S2/c1-4-9-13(14)11(17(3)16-9)7-10(15-2)12-8-18-5-6-19-12/h10,12,15H,4-8H2,1-3H3. The summed E-state index contributed by atoms with van der Waals surface area (Å²) in [6, 6.07) is 0.468. The van der Waals surface area contributed by atoms with Gasteiger partial charge in [0.1, 0.15) is 0 Å². The van der Waals surface area contributed by atoms with Crippen molar-refractivity contribution in [2.45, 2.75) is 31.1 Å². The van der Waals surface area contributed by atoms with Crippen LogP contribution in [0.3, 0.4) is 0 Å². The highest BCUT2D eigenvalue weighted by Gasteiger charge is 2.26. The number of halogens is 1. The van der Waals surface area contributed by atoms with Gasteiger partial charge in [-0.1, -0.05) is 18.5 Å². The summed E-state index contributed by atoms with van der Waals surface area (Å²) in [5.41, 5.74) is 2.17. The van der Waals surface area contributed by atoms with E-state index >= 15 is 0 Å². The van der Waals surface area contributed by atoms with Crippen molar-refractivity contribution in [1.82, 2.24) is 15.1 Å². The fourth-order valence-electron chi connectivity index (χ4n) is 2.41. The third-order valence-corrected chi connectivity index (χ3v) is 6.93. The van der Waals surface area contributed by atoms with Crippen LogP contribution in [-0.2, 0) is 19.9 Å². The van der Waals surface area contributed by atoms with E-state index in [-0.39, 0.29) is 0 Å². The Hall–Kier alpha value is 0.160. The van der Waals surface area contributed by atoms with E-state index in [1.165, 1.54) is 17.3 Å². The zero-order chi connectivity index (χ0) is 13.8. The molecule has 1 aliphatic rings. The van der Waals surface area contributed by atoms with Crippen molar-refractivity contribution in [2.75, 3.05) is 24.3 Å². The Balaban J connectivity index is 2.11. The normalized spacial score (nSPS) is 21.6. The number of nitrogens with one attached hydrogen (secondary N) is 1. The van der Waals surface area contributed by atoms with E-state index in [1.807, 2.05) is 11.7 Å². The number of hydrogen-bond donors (Lipinski definition) is 1. The summed E-state index contributed by atoms with van der Waals surface area (Å²) in [5.74, 6) is 3.77. The quantitative estimate of drug-likeness (QED) is 0.903. The fourth-order valence-corrected chi connectivity index (χ4v) is 5.71. The van der Waals surface area contributed by atoms with Crippen LogP contribution in [0, 0.1) is 0 Å². The highest BCUT2D eigenvalue weighted by atomic mass is 35.5. The minimum absolute atomic E-state index is 0.468. The molecule has 0 aliphatic carbocycles. The molecule has 19 heavy (non-hydrogen) atoms. The molecule has 2 atom stereocenters. The van der Waals surface area contributed by atoms with Gasteiger partial charge in [0.25, 0.3) is 0 Å². The number of thioether (sulfide) groups is 2. The molecule has 1 saturated heterocycles. The van der Waals surface area contributed by atoms with Gasteiger partial charge in [-0.3, -0.25) is 4.68 Å². The van der Waals surface area contributed by atoms with Crippen molar-refractivity contribution in [2.24, 2.45) is 7.05 Å². The van der Waals surface area contributed by atoms with Crippen molar-refractivity contribution >= 4 is 35.1 Å². The van der Waals surface area contributed by atoms with Gasteiger partial charge < -0.3 is 5.32 Å². The molecule has 0 aromatic carbocycles. The third-order valence-electron chi connectivity index (χ3n) is 3.58. The Bertz CT molecular complexity index is 416. The topological polar surface area (TPSA) is 29.9 Å². The molecule has 0 radical (unpaired) electrons. The van der Waals surface area contributed by atoms with Crippen LogP contribution in [0.1, 0.15) is 18.3 Å². The summed E-state index contributed by atoms with van der Waals surface area (Å²) in [5, 5.41) is 9.50. The van der Waals surface area contributed by atoms with Gasteiger partial charge in [0.15, 0.2) is 0 Å². The van der Waals surface area contributed by atoms with Crippen molar-refractivity contribution in [3.63, 3.8) is 0 Å². The molecular weight excluding hydrogens is 298 g/mol. The lowest BCUT2D eigenvalue weighted by atomic mass is 10.1. The van der Waals surface area contributed by atoms with Gasteiger partial charge >= 0.3 is 0 Å². The van der Waals surface area contributed by atoms with E-state index in [2.05, 4.69) is 47.9 Å². The van der Waals surface area contributed by atoms with Crippen molar-refractivity contribution < 1.29 is 0 Å². The molecule has 2 heterocycles. The molecule has 3 nitrogen and oxygen atoms in total. The van der Waals surface area contributed by atoms with Crippen molar-refractivity contribution in [3.05, 3.63) is 16.4 Å². The summed E-state index contributed by atoms with van der Waals surface area (Å²) in [4.78, 5) is 0. The van der Waals surface area contributed by atoms with Gasteiger partial charge in [-0.05, 0) is 13.5 Å². The molecule has 2 unspecified atom stereocenters. The van der Waals surface area contributed by atoms with E-state index in [0.717, 1.165) is 29.3 Å². The zero-order valence-corrected chi connectivity index (χ0v) is 14.2. The van der Waals surface area contributed by atoms with Crippen LogP contribution in [-0.4, -0.2) is 45.4 Å². The van der Waals surface area contributed by atoms with E-state index in [9.17, 15) is 0 Å². The number of likely N-dealkylation sites (N-methyl/N-ethyl adjacent to an activating group) is 1. The molecule has 1 fully saturated rings. The molecule has 108 valence electrons. The van der Waals surface area contributed by atoms with Gasteiger partial charge in [0, 0.05) is 42.0 Å². The SMILES string of the molecule is CCc1nn(C)c(CC(NC)C2CSCCS2)c1Cl. The van der Waals surface area contributed by atoms with E-state index in [1.54, 1.807) is 0 Å². The molecule has 0 bridgehead atoms. The molecule has 0 saturated carbocycles. The van der Waals surface area contributed by atoms with Crippen molar-refractivity contribution in [3.8, 4) is 0 Å². The maximum Gasteiger partial charge on any atom is 0.0850 e. The predicted octanol–water partition coefficient (Wildman–Crippen LogP) is 2.62. The van der Waals surface area contributed by atoms with Crippen molar-refractivity contribution in [1.29, 1.82) is 0 Å². The minimum Gasteiger partial charge on any atom is -0.315 e. The molecule has 1 aromatic heterocycles. The summed E-state index contributed by atoms with van der Waals surface area (Å²) < 4.78 is 1.95. The monoisotopic (exact) mass is 319 g/mol. The molecular formula is C13H22ClN3S2. The average molecular weight is 320 g/mol. The Morgan fingerprint density at radius 2 is 2.32 bits per heavy atom. The first-order valence-electron chi connectivity index (χ1n) is 6.74. The fraction of sp³-hybridized carbons (Fsp3) is 0.769. The van der Waals surface area contributed by atoms with Gasteiger partial charge in [-0.15, -0.1) is 0 Å². The third kappa shape index (κ3) is 3.63. The number of hydrogen-bond acceptors (Lipinski definition) is 4. The molecule has 1 aliphatic heterocycles. The highest BCUT2D eigenvalue weighted by Crippen LogP contribution is 2.29. The summed E-state index contributed by atoms with van der Waals surface area (Å²) >= 11 is 10.6. The molecule has 0 amide bonds. The summed E-state index contributed by atoms with van der Waals surface area (Å²) in [7, 11) is 4.05. The number of aromatic nitrogens is 2. The average Bonchev–Trinajstić information content (AvgIpc) is 2.72. The van der Waals surface area contributed by atoms with E-state index < -0.39 is 0 Å². The Morgan fingerprint density at radius 1 is 1.53 bits per heavy atom. The first-order chi connectivity index (χ1) is 9.17. The zero-order valence-electron chi connectivity index (χ0n) is 11.8. The smallest absolute Gasteiger partial charge is 0.0850 e. The van der Waals surface area contributed by atoms with Gasteiger partial charge in [0.05, 0.1) is 16.4 Å².